The van der Waals surface area contributed by atoms with Crippen molar-refractivity contribution in [2.24, 2.45) is 0 Å². The minimum Gasteiger partial charge on any atom is -0.379 e. The smallest absolute Gasteiger partial charge is 0.314 e. The quantitative estimate of drug-likeness (QED) is 0.398. The van der Waals surface area contributed by atoms with Crippen molar-refractivity contribution in [3.05, 3.63) is 0 Å². The first-order chi connectivity index (χ1) is 12.8. The minimum atomic E-state index is -0.0265. The van der Waals surface area contributed by atoms with E-state index in [1.807, 2.05) is 0 Å². The van der Waals surface area contributed by atoms with Gasteiger partial charge in [-0.25, -0.2) is 4.79 Å². The molecule has 0 aromatic heterocycles. The van der Waals surface area contributed by atoms with E-state index in [4.69, 9.17) is 4.74 Å². The summed E-state index contributed by atoms with van der Waals surface area (Å²) in [4.78, 5) is 14.0. The Hall–Kier alpha value is -0.810. The maximum Gasteiger partial charge on any atom is 0.314 e. The highest BCUT2D eigenvalue weighted by atomic mass is 16.5. The Bertz CT molecular complexity index is 320. The number of unbranched alkanes of at least 4 members (excludes halogenated alkanes) is 11. The Labute approximate surface area is 161 Å². The molecular formula is C21H43N3O2. The van der Waals surface area contributed by atoms with Gasteiger partial charge in [0.2, 0.25) is 0 Å². The summed E-state index contributed by atoms with van der Waals surface area (Å²) in [6, 6.07) is -0.0265. The zero-order valence-electron chi connectivity index (χ0n) is 17.2. The van der Waals surface area contributed by atoms with Gasteiger partial charge in [0.25, 0.3) is 0 Å². The van der Waals surface area contributed by atoms with Crippen molar-refractivity contribution in [2.75, 3.05) is 45.9 Å². The van der Waals surface area contributed by atoms with Gasteiger partial charge < -0.3 is 15.4 Å². The van der Waals surface area contributed by atoms with E-state index in [9.17, 15) is 4.79 Å². The topological polar surface area (TPSA) is 53.6 Å². The van der Waals surface area contributed by atoms with Gasteiger partial charge in [-0.1, -0.05) is 77.6 Å². The van der Waals surface area contributed by atoms with Crippen LogP contribution in [0.4, 0.5) is 4.79 Å². The number of ether oxygens (including phenoxy) is 1. The minimum absolute atomic E-state index is 0.0265. The van der Waals surface area contributed by atoms with Crippen molar-refractivity contribution in [1.82, 2.24) is 15.5 Å². The average molecular weight is 370 g/mol. The fraction of sp³-hybridized carbons (Fsp3) is 0.952. The third-order valence-corrected chi connectivity index (χ3v) is 5.13. The summed E-state index contributed by atoms with van der Waals surface area (Å²) < 4.78 is 5.32. The molecule has 0 spiro atoms. The molecule has 1 aliphatic rings. The van der Waals surface area contributed by atoms with Crippen molar-refractivity contribution in [1.29, 1.82) is 0 Å². The highest BCUT2D eigenvalue weighted by Gasteiger charge is 2.09. The number of amides is 2. The number of hydrogen-bond acceptors (Lipinski definition) is 3. The lowest BCUT2D eigenvalue weighted by Gasteiger charge is -2.26. The Morgan fingerprint density at radius 3 is 1.85 bits per heavy atom. The number of carbonyl (C=O) groups excluding carboxylic acids is 1. The first-order valence-electron chi connectivity index (χ1n) is 11.1. The summed E-state index contributed by atoms with van der Waals surface area (Å²) >= 11 is 0. The predicted octanol–water partition coefficient (Wildman–Crippen LogP) is 4.32. The van der Waals surface area contributed by atoms with E-state index < -0.39 is 0 Å². The molecular weight excluding hydrogens is 326 g/mol. The molecule has 1 saturated heterocycles. The third-order valence-electron chi connectivity index (χ3n) is 5.13. The summed E-state index contributed by atoms with van der Waals surface area (Å²) in [5.41, 5.74) is 0. The largest absolute Gasteiger partial charge is 0.379 e. The number of nitrogens with one attached hydrogen (secondary N) is 2. The van der Waals surface area contributed by atoms with E-state index in [0.717, 1.165) is 45.8 Å². The van der Waals surface area contributed by atoms with Crippen molar-refractivity contribution in [3.63, 3.8) is 0 Å². The highest BCUT2D eigenvalue weighted by Crippen LogP contribution is 2.11. The molecule has 26 heavy (non-hydrogen) atoms. The van der Waals surface area contributed by atoms with Crippen LogP contribution in [0.15, 0.2) is 0 Å². The number of carbonyl (C=O) groups is 1. The molecule has 2 N–H and O–H groups in total. The van der Waals surface area contributed by atoms with E-state index >= 15 is 0 Å². The molecule has 1 heterocycles. The SMILES string of the molecule is CCCCCCCCCCCCCCNC(=O)NCCN1CCOCC1. The van der Waals surface area contributed by atoms with Crippen LogP contribution in [-0.2, 0) is 4.74 Å². The lowest BCUT2D eigenvalue weighted by Crippen LogP contribution is -2.43. The fourth-order valence-corrected chi connectivity index (χ4v) is 3.38. The van der Waals surface area contributed by atoms with Crippen molar-refractivity contribution in [3.8, 4) is 0 Å². The maximum absolute atomic E-state index is 11.7. The number of rotatable bonds is 16. The van der Waals surface area contributed by atoms with Crippen LogP contribution in [0.5, 0.6) is 0 Å². The molecule has 2 amide bonds. The van der Waals surface area contributed by atoms with Gasteiger partial charge in [-0.3, -0.25) is 4.90 Å². The van der Waals surface area contributed by atoms with E-state index in [0.29, 0.717) is 6.54 Å². The van der Waals surface area contributed by atoms with Gasteiger partial charge in [-0.2, -0.15) is 0 Å². The van der Waals surface area contributed by atoms with Gasteiger partial charge in [0.05, 0.1) is 13.2 Å². The lowest BCUT2D eigenvalue weighted by atomic mass is 10.1. The molecule has 5 nitrogen and oxygen atoms in total. The number of hydrogen-bond donors (Lipinski definition) is 2. The zero-order chi connectivity index (χ0) is 18.7. The molecule has 1 fully saturated rings. The summed E-state index contributed by atoms with van der Waals surface area (Å²) in [6.45, 7) is 8.26. The molecule has 0 radical (unpaired) electrons. The fourth-order valence-electron chi connectivity index (χ4n) is 3.38. The normalized spacial score (nSPS) is 15.1. The Balaban J connectivity index is 1.74. The van der Waals surface area contributed by atoms with E-state index in [1.54, 1.807) is 0 Å². The second-order valence-corrected chi connectivity index (χ2v) is 7.53. The maximum atomic E-state index is 11.7. The van der Waals surface area contributed by atoms with Crippen molar-refractivity contribution >= 4 is 6.03 Å². The van der Waals surface area contributed by atoms with Crippen molar-refractivity contribution in [2.45, 2.75) is 84.0 Å². The first kappa shape index (κ1) is 23.2. The van der Waals surface area contributed by atoms with Crippen LogP contribution in [0.2, 0.25) is 0 Å². The molecule has 0 unspecified atom stereocenters. The number of morpholine rings is 1. The van der Waals surface area contributed by atoms with Gasteiger partial charge in [0.1, 0.15) is 0 Å². The van der Waals surface area contributed by atoms with Crippen LogP contribution in [0.3, 0.4) is 0 Å². The van der Waals surface area contributed by atoms with Crippen LogP contribution >= 0.6 is 0 Å². The molecule has 1 aliphatic heterocycles. The van der Waals surface area contributed by atoms with E-state index in [2.05, 4.69) is 22.5 Å². The monoisotopic (exact) mass is 369 g/mol. The van der Waals surface area contributed by atoms with E-state index in [1.165, 1.54) is 70.6 Å². The van der Waals surface area contributed by atoms with Crippen LogP contribution < -0.4 is 10.6 Å². The van der Waals surface area contributed by atoms with Gasteiger partial charge in [0.15, 0.2) is 0 Å². The average Bonchev–Trinajstić information content (AvgIpc) is 2.66. The summed E-state index contributed by atoms with van der Waals surface area (Å²) in [5.74, 6) is 0. The van der Waals surface area contributed by atoms with Gasteiger partial charge in [-0.15, -0.1) is 0 Å². The van der Waals surface area contributed by atoms with Crippen LogP contribution in [0, 0.1) is 0 Å². The van der Waals surface area contributed by atoms with E-state index in [-0.39, 0.29) is 6.03 Å². The Morgan fingerprint density at radius 1 is 0.769 bits per heavy atom. The molecule has 0 aromatic carbocycles. The third kappa shape index (κ3) is 14.4. The van der Waals surface area contributed by atoms with Gasteiger partial charge >= 0.3 is 6.03 Å². The lowest BCUT2D eigenvalue weighted by molar-refractivity contribution is 0.0387. The Kier molecular flexibility index (Phi) is 15.7. The summed E-state index contributed by atoms with van der Waals surface area (Å²) in [7, 11) is 0. The highest BCUT2D eigenvalue weighted by molar-refractivity contribution is 5.73. The predicted molar refractivity (Wildman–Crippen MR) is 110 cm³/mol. The van der Waals surface area contributed by atoms with Crippen LogP contribution in [0.1, 0.15) is 84.0 Å². The molecule has 154 valence electrons. The molecule has 0 atom stereocenters. The second-order valence-electron chi connectivity index (χ2n) is 7.53. The second kappa shape index (κ2) is 17.6. The standard InChI is InChI=1S/C21H43N3O2/c1-2-3-4-5-6-7-8-9-10-11-12-13-14-22-21(25)23-15-16-24-17-19-26-20-18-24/h2-20H2,1H3,(H2,22,23,25). The number of urea groups is 1. The Morgan fingerprint density at radius 2 is 1.27 bits per heavy atom. The first-order valence-corrected chi connectivity index (χ1v) is 11.1. The van der Waals surface area contributed by atoms with Gasteiger partial charge in [-0.05, 0) is 6.42 Å². The molecule has 0 aromatic rings. The number of nitrogens with zero attached hydrogens (tertiary/aromatic N) is 1. The summed E-state index contributed by atoms with van der Waals surface area (Å²) in [5, 5.41) is 5.90. The van der Waals surface area contributed by atoms with Crippen molar-refractivity contribution < 1.29 is 9.53 Å². The molecule has 0 bridgehead atoms. The van der Waals surface area contributed by atoms with Crippen LogP contribution in [0.25, 0.3) is 0 Å². The van der Waals surface area contributed by atoms with Crippen LogP contribution in [-0.4, -0.2) is 56.9 Å². The summed E-state index contributed by atoms with van der Waals surface area (Å²) in [6.07, 6.45) is 16.2. The molecule has 0 saturated carbocycles. The zero-order valence-corrected chi connectivity index (χ0v) is 17.2. The molecule has 0 aliphatic carbocycles. The van der Waals surface area contributed by atoms with Gasteiger partial charge in [0, 0.05) is 32.7 Å². The molecule has 5 heteroatoms. The molecule has 1 rings (SSSR count).